The second-order valence-electron chi connectivity index (χ2n) is 4.67. The highest BCUT2D eigenvalue weighted by Gasteiger charge is 2.29. The van der Waals surface area contributed by atoms with E-state index < -0.39 is 5.97 Å². The number of rotatable bonds is 5. The SMILES string of the molecule is CCC(C(=O)O)C(c1ccc(C)cc1)N(C)C. The molecule has 0 aliphatic rings. The van der Waals surface area contributed by atoms with E-state index in [1.807, 2.05) is 57.1 Å². The smallest absolute Gasteiger partial charge is 0.308 e. The third-order valence-electron chi connectivity index (χ3n) is 3.11. The molecule has 0 aliphatic heterocycles. The van der Waals surface area contributed by atoms with Crippen LogP contribution in [0.5, 0.6) is 0 Å². The van der Waals surface area contributed by atoms with Crippen LogP contribution in [-0.2, 0) is 4.79 Å². The number of aliphatic carboxylic acids is 1. The highest BCUT2D eigenvalue weighted by atomic mass is 16.4. The molecule has 2 unspecified atom stereocenters. The van der Waals surface area contributed by atoms with Crippen LogP contribution in [0.4, 0.5) is 0 Å². The highest BCUT2D eigenvalue weighted by Crippen LogP contribution is 2.29. The van der Waals surface area contributed by atoms with Crippen molar-refractivity contribution in [2.24, 2.45) is 5.92 Å². The fourth-order valence-electron chi connectivity index (χ4n) is 2.19. The van der Waals surface area contributed by atoms with Gasteiger partial charge in [-0.1, -0.05) is 36.8 Å². The van der Waals surface area contributed by atoms with Crippen molar-refractivity contribution in [3.05, 3.63) is 35.4 Å². The molecule has 3 nitrogen and oxygen atoms in total. The summed E-state index contributed by atoms with van der Waals surface area (Å²) in [5.41, 5.74) is 2.25. The lowest BCUT2D eigenvalue weighted by molar-refractivity contribution is -0.144. The van der Waals surface area contributed by atoms with Crippen molar-refractivity contribution >= 4 is 5.97 Å². The van der Waals surface area contributed by atoms with Crippen LogP contribution in [-0.4, -0.2) is 30.1 Å². The number of nitrogens with zero attached hydrogens (tertiary/aromatic N) is 1. The van der Waals surface area contributed by atoms with Gasteiger partial charge in [-0.25, -0.2) is 0 Å². The summed E-state index contributed by atoms with van der Waals surface area (Å²) < 4.78 is 0. The summed E-state index contributed by atoms with van der Waals surface area (Å²) in [4.78, 5) is 13.3. The molecule has 2 atom stereocenters. The van der Waals surface area contributed by atoms with Crippen molar-refractivity contribution in [1.29, 1.82) is 0 Å². The van der Waals surface area contributed by atoms with Crippen LogP contribution in [0.1, 0.15) is 30.5 Å². The summed E-state index contributed by atoms with van der Waals surface area (Å²) in [5, 5.41) is 9.28. The molecular weight excluding hydrogens is 214 g/mol. The summed E-state index contributed by atoms with van der Waals surface area (Å²) in [6.45, 7) is 3.95. The molecule has 3 heteroatoms. The zero-order valence-electron chi connectivity index (χ0n) is 11.0. The molecule has 0 heterocycles. The molecule has 0 aromatic heterocycles. The van der Waals surface area contributed by atoms with E-state index >= 15 is 0 Å². The maximum atomic E-state index is 11.3. The van der Waals surface area contributed by atoms with E-state index in [2.05, 4.69) is 0 Å². The van der Waals surface area contributed by atoms with E-state index in [1.165, 1.54) is 5.56 Å². The Morgan fingerprint density at radius 1 is 1.29 bits per heavy atom. The molecule has 1 rings (SSSR count). The fourth-order valence-corrected chi connectivity index (χ4v) is 2.19. The molecule has 94 valence electrons. The van der Waals surface area contributed by atoms with Gasteiger partial charge in [0, 0.05) is 6.04 Å². The van der Waals surface area contributed by atoms with Gasteiger partial charge in [-0.05, 0) is 33.0 Å². The molecule has 0 saturated heterocycles. The zero-order valence-corrected chi connectivity index (χ0v) is 11.0. The van der Waals surface area contributed by atoms with Gasteiger partial charge >= 0.3 is 5.97 Å². The van der Waals surface area contributed by atoms with Crippen molar-refractivity contribution in [2.75, 3.05) is 14.1 Å². The summed E-state index contributed by atoms with van der Waals surface area (Å²) in [6.07, 6.45) is 0.631. The Morgan fingerprint density at radius 2 is 1.82 bits per heavy atom. The molecule has 1 aromatic carbocycles. The van der Waals surface area contributed by atoms with Crippen molar-refractivity contribution in [1.82, 2.24) is 4.90 Å². The Morgan fingerprint density at radius 3 is 2.18 bits per heavy atom. The maximum absolute atomic E-state index is 11.3. The minimum absolute atomic E-state index is 0.0712. The number of carboxylic acid groups (broad SMARTS) is 1. The summed E-state index contributed by atoms with van der Waals surface area (Å²) in [6, 6.07) is 8.02. The molecule has 0 radical (unpaired) electrons. The molecule has 0 spiro atoms. The predicted molar refractivity (Wildman–Crippen MR) is 69.0 cm³/mol. The normalized spacial score (nSPS) is 14.6. The summed E-state index contributed by atoms with van der Waals surface area (Å²) in [5.74, 6) is -1.10. The lowest BCUT2D eigenvalue weighted by atomic mass is 9.89. The van der Waals surface area contributed by atoms with Crippen LogP contribution < -0.4 is 0 Å². The van der Waals surface area contributed by atoms with Crippen LogP contribution in [0.3, 0.4) is 0 Å². The van der Waals surface area contributed by atoms with E-state index in [9.17, 15) is 9.90 Å². The van der Waals surface area contributed by atoms with Crippen LogP contribution in [0.25, 0.3) is 0 Å². The van der Waals surface area contributed by atoms with Gasteiger partial charge in [-0.2, -0.15) is 0 Å². The van der Waals surface area contributed by atoms with Crippen LogP contribution in [0.15, 0.2) is 24.3 Å². The van der Waals surface area contributed by atoms with Gasteiger partial charge in [0.1, 0.15) is 0 Å². The first-order valence-corrected chi connectivity index (χ1v) is 5.93. The van der Waals surface area contributed by atoms with Gasteiger partial charge in [0.25, 0.3) is 0 Å². The van der Waals surface area contributed by atoms with Gasteiger partial charge in [0.05, 0.1) is 5.92 Å². The highest BCUT2D eigenvalue weighted by molar-refractivity contribution is 5.71. The molecule has 0 fully saturated rings. The van der Waals surface area contributed by atoms with Crippen molar-refractivity contribution in [2.45, 2.75) is 26.3 Å². The molecule has 0 saturated carbocycles. The van der Waals surface area contributed by atoms with E-state index in [0.29, 0.717) is 6.42 Å². The second kappa shape index (κ2) is 5.82. The third-order valence-corrected chi connectivity index (χ3v) is 3.11. The molecule has 0 aliphatic carbocycles. The molecule has 0 amide bonds. The number of carboxylic acids is 1. The Hall–Kier alpha value is -1.35. The van der Waals surface area contributed by atoms with E-state index in [1.54, 1.807) is 0 Å². The van der Waals surface area contributed by atoms with Gasteiger partial charge in [-0.3, -0.25) is 4.79 Å². The summed E-state index contributed by atoms with van der Waals surface area (Å²) in [7, 11) is 3.85. The second-order valence-corrected chi connectivity index (χ2v) is 4.67. The van der Waals surface area contributed by atoms with Crippen molar-refractivity contribution in [3.63, 3.8) is 0 Å². The average molecular weight is 235 g/mol. The number of hydrogen-bond donors (Lipinski definition) is 1. The van der Waals surface area contributed by atoms with Gasteiger partial charge in [-0.15, -0.1) is 0 Å². The molecule has 0 bridgehead atoms. The van der Waals surface area contributed by atoms with Gasteiger partial charge in [0.2, 0.25) is 0 Å². The standard InChI is InChI=1S/C14H21NO2/c1-5-12(14(16)17)13(15(3)4)11-8-6-10(2)7-9-11/h6-9,12-13H,5H2,1-4H3,(H,16,17). The monoisotopic (exact) mass is 235 g/mol. The Bertz CT molecular complexity index is 370. The fraction of sp³-hybridized carbons (Fsp3) is 0.500. The predicted octanol–water partition coefficient (Wildman–Crippen LogP) is 2.71. The third kappa shape index (κ3) is 3.30. The Kier molecular flexibility index (Phi) is 4.70. The van der Waals surface area contributed by atoms with Crippen LogP contribution in [0.2, 0.25) is 0 Å². The Labute approximate surface area is 103 Å². The van der Waals surface area contributed by atoms with E-state index in [4.69, 9.17) is 0 Å². The number of hydrogen-bond acceptors (Lipinski definition) is 2. The van der Waals surface area contributed by atoms with Crippen LogP contribution in [0, 0.1) is 12.8 Å². The zero-order chi connectivity index (χ0) is 13.0. The van der Waals surface area contributed by atoms with E-state index in [0.717, 1.165) is 5.56 Å². The lowest BCUT2D eigenvalue weighted by Gasteiger charge is -2.29. The van der Waals surface area contributed by atoms with Gasteiger partial charge < -0.3 is 10.0 Å². The largest absolute Gasteiger partial charge is 0.481 e. The van der Waals surface area contributed by atoms with Gasteiger partial charge in [0.15, 0.2) is 0 Å². The molecular formula is C14H21NO2. The molecule has 1 aromatic rings. The van der Waals surface area contributed by atoms with Crippen molar-refractivity contribution < 1.29 is 9.90 Å². The first-order valence-electron chi connectivity index (χ1n) is 5.93. The summed E-state index contributed by atoms with van der Waals surface area (Å²) >= 11 is 0. The average Bonchev–Trinajstić information content (AvgIpc) is 2.26. The minimum atomic E-state index is -0.730. The topological polar surface area (TPSA) is 40.5 Å². The maximum Gasteiger partial charge on any atom is 0.308 e. The molecule has 1 N–H and O–H groups in total. The Balaban J connectivity index is 3.08. The first kappa shape index (κ1) is 13.7. The molecule has 17 heavy (non-hydrogen) atoms. The number of benzene rings is 1. The minimum Gasteiger partial charge on any atom is -0.481 e. The van der Waals surface area contributed by atoms with E-state index in [-0.39, 0.29) is 12.0 Å². The van der Waals surface area contributed by atoms with Crippen molar-refractivity contribution in [3.8, 4) is 0 Å². The number of aryl methyl sites for hydroxylation is 1. The number of carbonyl (C=O) groups is 1. The lowest BCUT2D eigenvalue weighted by Crippen LogP contribution is -2.32. The van der Waals surface area contributed by atoms with Crippen LogP contribution >= 0.6 is 0 Å². The first-order chi connectivity index (χ1) is 7.97. The quantitative estimate of drug-likeness (QED) is 0.853.